The maximum Gasteiger partial charge on any atom is 0.261 e. The van der Waals surface area contributed by atoms with Gasteiger partial charge in [0.2, 0.25) is 5.91 Å². The topological polar surface area (TPSA) is 69.7 Å². The Morgan fingerprint density at radius 1 is 1.29 bits per heavy atom. The molecule has 0 spiro atoms. The Bertz CT molecular complexity index is 767. The molecule has 1 fully saturated rings. The minimum absolute atomic E-state index is 0.0312. The van der Waals surface area contributed by atoms with Crippen molar-refractivity contribution in [2.75, 3.05) is 26.2 Å². The second-order valence-electron chi connectivity index (χ2n) is 7.95. The van der Waals surface area contributed by atoms with Crippen molar-refractivity contribution in [3.8, 4) is 0 Å². The Hall–Kier alpha value is -1.73. The smallest absolute Gasteiger partial charge is 0.261 e. The Balaban J connectivity index is 1.41. The summed E-state index contributed by atoms with van der Waals surface area (Å²) >= 11 is 3.33. The van der Waals surface area contributed by atoms with Gasteiger partial charge in [-0.2, -0.15) is 0 Å². The van der Waals surface area contributed by atoms with E-state index >= 15 is 0 Å². The number of benzene rings is 1. The first-order valence-corrected chi connectivity index (χ1v) is 10.8. The zero-order chi connectivity index (χ0) is 20.3. The van der Waals surface area contributed by atoms with E-state index in [1.807, 2.05) is 0 Å². The molecule has 0 aromatic heterocycles. The molecule has 1 saturated heterocycles. The van der Waals surface area contributed by atoms with Crippen molar-refractivity contribution in [3.05, 3.63) is 33.8 Å². The summed E-state index contributed by atoms with van der Waals surface area (Å²) in [6, 6.07) is 5.41. The molecule has 2 aliphatic heterocycles. The SMILES string of the molecule is CC1CCCN(C(C)CNC(=O)CCCN2C(=O)c3ccc(Br)cc3C2=O)C1. The van der Waals surface area contributed by atoms with Crippen molar-refractivity contribution in [2.24, 2.45) is 5.92 Å². The van der Waals surface area contributed by atoms with E-state index in [-0.39, 0.29) is 24.3 Å². The quantitative estimate of drug-likeness (QED) is 0.649. The summed E-state index contributed by atoms with van der Waals surface area (Å²) in [5.41, 5.74) is 0.857. The molecule has 1 aromatic carbocycles. The first kappa shape index (κ1) is 21.0. The number of nitrogens with one attached hydrogen (secondary N) is 1. The lowest BCUT2D eigenvalue weighted by Crippen LogP contribution is -2.46. The highest BCUT2D eigenvalue weighted by Crippen LogP contribution is 2.26. The van der Waals surface area contributed by atoms with Crippen LogP contribution >= 0.6 is 15.9 Å². The molecule has 3 amide bonds. The minimum atomic E-state index is -0.283. The van der Waals surface area contributed by atoms with Gasteiger partial charge in [-0.05, 0) is 56.8 Å². The zero-order valence-corrected chi connectivity index (χ0v) is 18.1. The number of likely N-dealkylation sites (tertiary alicyclic amines) is 1. The molecule has 0 aliphatic carbocycles. The molecule has 1 N–H and O–H groups in total. The van der Waals surface area contributed by atoms with Gasteiger partial charge in [-0.1, -0.05) is 22.9 Å². The predicted molar refractivity (Wildman–Crippen MR) is 111 cm³/mol. The van der Waals surface area contributed by atoms with Gasteiger partial charge in [0.1, 0.15) is 0 Å². The van der Waals surface area contributed by atoms with Crippen LogP contribution in [0.15, 0.2) is 22.7 Å². The van der Waals surface area contributed by atoms with Gasteiger partial charge in [-0.15, -0.1) is 0 Å². The van der Waals surface area contributed by atoms with E-state index in [4.69, 9.17) is 0 Å². The molecule has 0 radical (unpaired) electrons. The number of carbonyl (C=O) groups excluding carboxylic acids is 3. The molecule has 2 heterocycles. The van der Waals surface area contributed by atoms with Gasteiger partial charge >= 0.3 is 0 Å². The van der Waals surface area contributed by atoms with Crippen molar-refractivity contribution in [1.29, 1.82) is 0 Å². The van der Waals surface area contributed by atoms with Gasteiger partial charge in [-0.25, -0.2) is 0 Å². The number of carbonyl (C=O) groups is 3. The van der Waals surface area contributed by atoms with E-state index in [1.165, 1.54) is 17.7 Å². The minimum Gasteiger partial charge on any atom is -0.355 e. The lowest BCUT2D eigenvalue weighted by Gasteiger charge is -2.35. The van der Waals surface area contributed by atoms with E-state index in [9.17, 15) is 14.4 Å². The molecule has 1 aromatic rings. The molecule has 6 nitrogen and oxygen atoms in total. The highest BCUT2D eigenvalue weighted by molar-refractivity contribution is 9.10. The Labute approximate surface area is 174 Å². The predicted octanol–water partition coefficient (Wildman–Crippen LogP) is 3.06. The summed E-state index contributed by atoms with van der Waals surface area (Å²) in [5, 5.41) is 2.99. The Morgan fingerprint density at radius 3 is 2.79 bits per heavy atom. The first-order chi connectivity index (χ1) is 13.4. The fourth-order valence-corrected chi connectivity index (χ4v) is 4.33. The molecule has 0 saturated carbocycles. The number of halogens is 1. The maximum atomic E-state index is 12.4. The maximum absolute atomic E-state index is 12.4. The Morgan fingerprint density at radius 2 is 2.04 bits per heavy atom. The van der Waals surface area contributed by atoms with Crippen molar-refractivity contribution in [3.63, 3.8) is 0 Å². The van der Waals surface area contributed by atoms with Crippen LogP contribution in [0.25, 0.3) is 0 Å². The average molecular weight is 450 g/mol. The molecule has 7 heteroatoms. The van der Waals surface area contributed by atoms with E-state index in [0.717, 1.165) is 17.6 Å². The van der Waals surface area contributed by atoms with Crippen LogP contribution in [0, 0.1) is 5.92 Å². The summed E-state index contributed by atoms with van der Waals surface area (Å²) < 4.78 is 0.769. The highest BCUT2D eigenvalue weighted by Gasteiger charge is 2.35. The largest absolute Gasteiger partial charge is 0.355 e. The van der Waals surface area contributed by atoms with Crippen LogP contribution in [0.1, 0.15) is 60.2 Å². The van der Waals surface area contributed by atoms with E-state index in [2.05, 4.69) is 40.0 Å². The van der Waals surface area contributed by atoms with E-state index in [1.54, 1.807) is 18.2 Å². The second kappa shape index (κ2) is 9.18. The van der Waals surface area contributed by atoms with E-state index in [0.29, 0.717) is 42.5 Å². The van der Waals surface area contributed by atoms with Crippen LogP contribution in [-0.4, -0.2) is 59.7 Å². The van der Waals surface area contributed by atoms with Crippen molar-refractivity contribution < 1.29 is 14.4 Å². The normalized spacial score (nSPS) is 21.0. The van der Waals surface area contributed by atoms with Gasteiger partial charge < -0.3 is 5.32 Å². The van der Waals surface area contributed by atoms with Crippen LogP contribution < -0.4 is 5.32 Å². The van der Waals surface area contributed by atoms with Gasteiger partial charge in [0.25, 0.3) is 11.8 Å². The van der Waals surface area contributed by atoms with Crippen molar-refractivity contribution in [2.45, 2.75) is 45.6 Å². The third-order valence-corrected chi connectivity index (χ3v) is 6.12. The number of hydrogen-bond donors (Lipinski definition) is 1. The van der Waals surface area contributed by atoms with Gasteiger partial charge in [0.05, 0.1) is 11.1 Å². The van der Waals surface area contributed by atoms with E-state index < -0.39 is 0 Å². The summed E-state index contributed by atoms with van der Waals surface area (Å²) in [4.78, 5) is 40.7. The van der Waals surface area contributed by atoms with Gasteiger partial charge in [-0.3, -0.25) is 24.2 Å². The van der Waals surface area contributed by atoms with Crippen molar-refractivity contribution >= 4 is 33.7 Å². The number of hydrogen-bond acceptors (Lipinski definition) is 4. The van der Waals surface area contributed by atoms with Crippen LogP contribution in [0.4, 0.5) is 0 Å². The molecule has 0 bridgehead atoms. The number of amides is 3. The fraction of sp³-hybridized carbons (Fsp3) is 0.571. The third kappa shape index (κ3) is 4.81. The van der Waals surface area contributed by atoms with Gasteiger partial charge in [0.15, 0.2) is 0 Å². The van der Waals surface area contributed by atoms with Crippen LogP contribution in [0.3, 0.4) is 0 Å². The monoisotopic (exact) mass is 449 g/mol. The number of fused-ring (bicyclic) bond motifs is 1. The lowest BCUT2D eigenvalue weighted by atomic mass is 9.99. The summed E-state index contributed by atoms with van der Waals surface area (Å²) in [5.74, 6) is 0.124. The van der Waals surface area contributed by atoms with Gasteiger partial charge in [0, 0.05) is 36.6 Å². The third-order valence-electron chi connectivity index (χ3n) is 5.62. The van der Waals surface area contributed by atoms with Crippen LogP contribution in [-0.2, 0) is 4.79 Å². The molecule has 2 unspecified atom stereocenters. The van der Waals surface area contributed by atoms with Crippen molar-refractivity contribution in [1.82, 2.24) is 15.1 Å². The number of imide groups is 1. The fourth-order valence-electron chi connectivity index (χ4n) is 3.97. The number of rotatable bonds is 7. The zero-order valence-electron chi connectivity index (χ0n) is 16.5. The highest BCUT2D eigenvalue weighted by atomic mass is 79.9. The number of piperidine rings is 1. The molecule has 28 heavy (non-hydrogen) atoms. The molecular weight excluding hydrogens is 422 g/mol. The Kier molecular flexibility index (Phi) is 6.88. The summed E-state index contributed by atoms with van der Waals surface area (Å²) in [6.45, 7) is 7.50. The number of nitrogens with zero attached hydrogens (tertiary/aromatic N) is 2. The standard InChI is InChI=1S/C21H28BrN3O3/c1-14-5-3-9-24(13-14)15(2)12-23-19(26)6-4-10-25-20(27)17-8-7-16(22)11-18(17)21(25)28/h7-8,11,14-15H,3-6,9-10,12-13H2,1-2H3,(H,23,26). The second-order valence-corrected chi connectivity index (χ2v) is 8.87. The molecular formula is C21H28BrN3O3. The lowest BCUT2D eigenvalue weighted by molar-refractivity contribution is -0.121. The first-order valence-electron chi connectivity index (χ1n) is 10.0. The average Bonchev–Trinajstić information content (AvgIpc) is 2.90. The summed E-state index contributed by atoms with van der Waals surface area (Å²) in [7, 11) is 0. The molecule has 2 atom stereocenters. The summed E-state index contributed by atoms with van der Waals surface area (Å²) in [6.07, 6.45) is 3.27. The molecule has 3 rings (SSSR count). The molecule has 2 aliphatic rings. The molecule has 152 valence electrons. The van der Waals surface area contributed by atoms with Crippen LogP contribution in [0.2, 0.25) is 0 Å². The van der Waals surface area contributed by atoms with Crippen LogP contribution in [0.5, 0.6) is 0 Å².